The molecule has 33 heteroatoms. The number of urea groups is 2. The molecule has 6 aromatic rings. The fourth-order valence-electron chi connectivity index (χ4n) is 13.4. The van der Waals surface area contributed by atoms with E-state index < -0.39 is 138 Å². The average Bonchev–Trinajstić information content (AvgIpc) is 1.65. The number of halogens is 1. The highest BCUT2D eigenvalue weighted by molar-refractivity contribution is 6.30. The summed E-state index contributed by atoms with van der Waals surface area (Å²) in [6, 6.07) is 20.4. The monoisotopic (exact) mass is 1540 g/mol. The quantitative estimate of drug-likeness (QED) is 0.0113. The van der Waals surface area contributed by atoms with Crippen molar-refractivity contribution in [2.75, 3.05) is 51.3 Å². The van der Waals surface area contributed by atoms with Gasteiger partial charge in [-0.15, -0.1) is 0 Å². The number of hydrogen-bond acceptors (Lipinski definition) is 17. The third-order valence-corrected chi connectivity index (χ3v) is 19.6. The lowest BCUT2D eigenvalue weighted by Gasteiger charge is -2.31. The van der Waals surface area contributed by atoms with Crippen molar-refractivity contribution >= 4 is 105 Å². The van der Waals surface area contributed by atoms with Gasteiger partial charge in [0.15, 0.2) is 5.96 Å². The molecule has 0 saturated carbocycles. The lowest BCUT2D eigenvalue weighted by molar-refractivity contribution is -0.142. The Morgan fingerprint density at radius 1 is 0.622 bits per heavy atom. The number of nitrogens with zero attached hydrogens (tertiary/aromatic N) is 4. The van der Waals surface area contributed by atoms with E-state index in [0.29, 0.717) is 66.5 Å². The van der Waals surface area contributed by atoms with Gasteiger partial charge in [-0.2, -0.15) is 0 Å². The number of benzene rings is 5. The summed E-state index contributed by atoms with van der Waals surface area (Å²) < 4.78 is 5.54. The van der Waals surface area contributed by atoms with Gasteiger partial charge in [0.2, 0.25) is 53.2 Å². The molecule has 111 heavy (non-hydrogen) atoms. The zero-order valence-electron chi connectivity index (χ0n) is 62.0. The highest BCUT2D eigenvalue weighted by Crippen LogP contribution is 2.25. The Morgan fingerprint density at radius 3 is 1.77 bits per heavy atom. The van der Waals surface area contributed by atoms with Crippen LogP contribution in [-0.2, 0) is 91.3 Å². The number of pyridine rings is 1. The SMILES string of the molecule is CC(C)C[C@H](NC(=O)[C@@H](Cc1ccc(NC(N)=O)cc1)NC(=O)[C@H](Cc1ccc(CN2CCOCC2)cc1)NC(=O)[C@H](CO)NC(=O)[C@@H](Cc1cccnc1)NC(=O)C(Cc1ccc(Cl)cc1)N1C(=O)NC(Cc2ccc3ccccc3c2)C1=O)C(=O)N[C@@H](CCCNC(=N)N)C(=O)N1CCC[C@H]1C(=O)N[C@H](C)C(N)=O. The molecule has 0 bridgehead atoms. The van der Waals surface area contributed by atoms with Gasteiger partial charge in [0.1, 0.15) is 60.4 Å². The number of amides is 14. The van der Waals surface area contributed by atoms with E-state index in [1.165, 1.54) is 36.4 Å². The number of nitrogens with two attached hydrogens (primary N) is 3. The number of guanidine groups is 1. The summed E-state index contributed by atoms with van der Waals surface area (Å²) in [5, 5.41) is 47.8. The van der Waals surface area contributed by atoms with Gasteiger partial charge in [-0.3, -0.25) is 63.2 Å². The summed E-state index contributed by atoms with van der Waals surface area (Å²) in [6.45, 7) is 7.20. The van der Waals surface area contributed by atoms with Crippen LogP contribution in [0, 0.1) is 11.3 Å². The second-order valence-corrected chi connectivity index (χ2v) is 28.7. The minimum atomic E-state index is -1.86. The third kappa shape index (κ3) is 24.4. The van der Waals surface area contributed by atoms with Crippen LogP contribution in [0.1, 0.15) is 86.3 Å². The van der Waals surface area contributed by atoms with E-state index in [4.69, 9.17) is 38.9 Å². The van der Waals surface area contributed by atoms with E-state index in [9.17, 15) is 48.3 Å². The first-order chi connectivity index (χ1) is 53.2. The van der Waals surface area contributed by atoms with Crippen molar-refractivity contribution in [3.8, 4) is 0 Å². The minimum absolute atomic E-state index is 0.0213. The summed E-state index contributed by atoms with van der Waals surface area (Å²) in [5.74, 6) is -9.20. The first kappa shape index (κ1) is 83.4. The number of aliphatic hydroxyl groups excluding tert-OH is 1. The molecule has 2 unspecified atom stereocenters. The number of nitrogens with one attached hydrogen (secondary N) is 11. The molecule has 32 nitrogen and oxygen atoms in total. The zero-order valence-corrected chi connectivity index (χ0v) is 62.8. The van der Waals surface area contributed by atoms with E-state index in [0.717, 1.165) is 26.8 Å². The summed E-state index contributed by atoms with van der Waals surface area (Å²) in [4.78, 5) is 180. The average molecular weight is 1550 g/mol. The van der Waals surface area contributed by atoms with Gasteiger partial charge in [-0.25, -0.2) is 14.5 Å². The topological polar surface area (TPSA) is 479 Å². The van der Waals surface area contributed by atoms with Crippen LogP contribution in [-0.4, -0.2) is 208 Å². The number of aromatic nitrogens is 1. The van der Waals surface area contributed by atoms with Crippen molar-refractivity contribution in [1.82, 2.24) is 67.5 Å². The Labute approximate surface area is 647 Å². The fraction of sp³-hybridized carbons (Fsp3) is 0.410. The zero-order chi connectivity index (χ0) is 79.8. The standard InChI is InChI=1S/C78H97ClN18O14/c1-45(2)35-58(67(100)88-57(12-7-29-85-76(81)82)74(107)96-30-8-13-64(96)72(105)86-46(3)66(80)99)89-68(101)59(38-48-21-26-56(27-22-48)87-77(83)109)90-69(102)60(37-47-14-16-50(17-15-47)43-95-31-33-111-34-32-95)91-71(104)63(44-98)93-70(103)61(40-52-9-6-28-84-42-52)92-73(106)65(41-49-19-24-55(79)25-20-49)97-75(108)62(94-78(97)110)39-51-18-23-53-10-4-5-11-54(53)36-51/h4-6,9-11,14-28,36,42,45-46,57-65,98H,7-8,12-13,29-35,37-41,43-44H2,1-3H3,(H2,80,99)(H,86,105)(H,88,100)(H,89,101)(H,90,102)(H,91,104)(H,92,106)(H,93,103)(H,94,110)(H4,81,82,85)(H3,83,87,109)/t46-,57+,58+,59-,60+,61-,62?,63+,64+,65?/m1/s1. The second-order valence-electron chi connectivity index (χ2n) is 28.3. The van der Waals surface area contributed by atoms with Crippen molar-refractivity contribution in [2.45, 2.75) is 152 Å². The number of imide groups is 1. The molecule has 14 amide bonds. The highest BCUT2D eigenvalue weighted by Gasteiger charge is 2.46. The molecule has 9 rings (SSSR count). The summed E-state index contributed by atoms with van der Waals surface area (Å²) in [5.41, 5.74) is 20.2. The Kier molecular flexibility index (Phi) is 30.2. The molecule has 10 atom stereocenters. The van der Waals surface area contributed by atoms with E-state index in [-0.39, 0.29) is 88.4 Å². The number of fused-ring (bicyclic) bond motifs is 1. The molecule has 3 saturated heterocycles. The Morgan fingerprint density at radius 2 is 1.17 bits per heavy atom. The van der Waals surface area contributed by atoms with Crippen LogP contribution in [0.4, 0.5) is 15.3 Å². The number of likely N-dealkylation sites (tertiary alicyclic amines) is 1. The van der Waals surface area contributed by atoms with Crippen molar-refractivity contribution in [3.63, 3.8) is 0 Å². The van der Waals surface area contributed by atoms with E-state index in [1.54, 1.807) is 74.5 Å². The number of anilines is 1. The van der Waals surface area contributed by atoms with Crippen molar-refractivity contribution in [1.29, 1.82) is 5.41 Å². The maximum atomic E-state index is 15.4. The normalized spacial score (nSPS) is 17.1. The maximum absolute atomic E-state index is 15.4. The first-order valence-corrected chi connectivity index (χ1v) is 37.3. The second kappa shape index (κ2) is 40.2. The molecule has 3 aliphatic heterocycles. The van der Waals surface area contributed by atoms with E-state index in [2.05, 4.69) is 63.1 Å². The predicted molar refractivity (Wildman–Crippen MR) is 412 cm³/mol. The van der Waals surface area contributed by atoms with Gasteiger partial charge >= 0.3 is 12.1 Å². The van der Waals surface area contributed by atoms with E-state index in [1.807, 2.05) is 54.6 Å². The van der Waals surface area contributed by atoms with Gasteiger partial charge in [-0.1, -0.05) is 123 Å². The molecule has 1 aromatic heterocycles. The third-order valence-electron chi connectivity index (χ3n) is 19.3. The smallest absolute Gasteiger partial charge is 0.325 e. The molecular formula is C78H97ClN18O14. The Balaban J connectivity index is 0.991. The molecule has 0 aliphatic carbocycles. The minimum Gasteiger partial charge on any atom is -0.394 e. The Bertz CT molecular complexity index is 4310. The largest absolute Gasteiger partial charge is 0.394 e. The molecule has 18 N–H and O–H groups in total. The van der Waals surface area contributed by atoms with Gasteiger partial charge in [0.25, 0.3) is 5.91 Å². The Hall–Kier alpha value is -11.6. The molecule has 0 radical (unpaired) electrons. The summed E-state index contributed by atoms with van der Waals surface area (Å²) in [6.07, 6.45) is 2.71. The van der Waals surface area contributed by atoms with Crippen LogP contribution in [0.25, 0.3) is 10.8 Å². The van der Waals surface area contributed by atoms with Crippen LogP contribution < -0.4 is 70.4 Å². The van der Waals surface area contributed by atoms with Gasteiger partial charge in [-0.05, 0) is 119 Å². The molecule has 5 aromatic carbocycles. The number of primary amides is 2. The number of aliphatic hydroxyl groups is 1. The van der Waals surface area contributed by atoms with Crippen LogP contribution in [0.15, 0.2) is 140 Å². The van der Waals surface area contributed by atoms with Crippen molar-refractivity contribution in [3.05, 3.63) is 178 Å². The van der Waals surface area contributed by atoms with Gasteiger partial charge < -0.3 is 85.1 Å². The van der Waals surface area contributed by atoms with Crippen LogP contribution in [0.5, 0.6) is 0 Å². The molecule has 3 fully saturated rings. The molecule has 4 heterocycles. The number of carbonyl (C=O) groups is 12. The van der Waals surface area contributed by atoms with Crippen molar-refractivity contribution in [2.24, 2.45) is 23.1 Å². The highest BCUT2D eigenvalue weighted by atomic mass is 35.5. The number of hydrogen-bond donors (Lipinski definition) is 15. The van der Waals surface area contributed by atoms with Crippen LogP contribution in [0.3, 0.4) is 0 Å². The van der Waals surface area contributed by atoms with Crippen LogP contribution in [0.2, 0.25) is 5.02 Å². The number of carbonyl (C=O) groups excluding carboxylic acids is 12. The molecule has 3 aliphatic rings. The molecule has 590 valence electrons. The van der Waals surface area contributed by atoms with Crippen molar-refractivity contribution < 1.29 is 67.4 Å². The lowest BCUT2D eigenvalue weighted by atomic mass is 9.99. The lowest BCUT2D eigenvalue weighted by Crippen LogP contribution is -2.61. The summed E-state index contributed by atoms with van der Waals surface area (Å²) in [7, 11) is 0. The number of rotatable bonds is 37. The molecular weight excluding hydrogens is 1450 g/mol. The van der Waals surface area contributed by atoms with Crippen LogP contribution >= 0.6 is 11.6 Å². The fourth-order valence-corrected chi connectivity index (χ4v) is 13.6. The van der Waals surface area contributed by atoms with Gasteiger partial charge in [0, 0.05) is 87.9 Å². The van der Waals surface area contributed by atoms with E-state index >= 15 is 14.4 Å². The summed E-state index contributed by atoms with van der Waals surface area (Å²) >= 11 is 6.27. The number of morpholine rings is 1. The maximum Gasteiger partial charge on any atom is 0.325 e. The van der Waals surface area contributed by atoms with Gasteiger partial charge in [0.05, 0.1) is 19.8 Å². The predicted octanol–water partition coefficient (Wildman–Crippen LogP) is 1.20. The number of ether oxygens (including phenoxy) is 1. The first-order valence-electron chi connectivity index (χ1n) is 36.9. The molecule has 0 spiro atoms.